The Bertz CT molecular complexity index is 70.8. The van der Waals surface area contributed by atoms with Crippen molar-refractivity contribution in [2.75, 3.05) is 5.33 Å². The summed E-state index contributed by atoms with van der Waals surface area (Å²) in [7, 11) is 0. The quantitative estimate of drug-likeness (QED) is 0.671. The van der Waals surface area contributed by atoms with Crippen LogP contribution in [-0.2, 0) is 0 Å². The molecule has 0 nitrogen and oxygen atoms in total. The highest BCUT2D eigenvalue weighted by molar-refractivity contribution is 9.10. The molecule has 0 aromatic rings. The third-order valence-electron chi connectivity index (χ3n) is 0.935. The fourth-order valence-electron chi connectivity index (χ4n) is 0.0583. The molecule has 3 heteroatoms. The van der Waals surface area contributed by atoms with Gasteiger partial charge in [0, 0.05) is 10.7 Å². The molecule has 0 heterocycles. The molecule has 0 fully saturated rings. The average molecular weight is 264 g/mol. The number of rotatable bonds is 2. The van der Waals surface area contributed by atoms with Crippen molar-refractivity contribution in [1.29, 1.82) is 0 Å². The van der Waals surface area contributed by atoms with Crippen molar-refractivity contribution < 1.29 is 0 Å². The highest BCUT2D eigenvalue weighted by Gasteiger charge is 2.23. The number of hydrogen-bond acceptors (Lipinski definition) is 0. The first-order valence-corrected chi connectivity index (χ1v) is 4.82. The molecule has 50 valence electrons. The second-order valence-corrected chi connectivity index (χ2v) is 4.86. The lowest BCUT2D eigenvalue weighted by Gasteiger charge is -2.22. The first kappa shape index (κ1) is 9.25. The molecule has 1 unspecified atom stereocenters. The predicted octanol–water partition coefficient (Wildman–Crippen LogP) is 3.37. The predicted molar refractivity (Wildman–Crippen MR) is 46.1 cm³/mol. The van der Waals surface area contributed by atoms with E-state index in [9.17, 15) is 0 Å². The summed E-state index contributed by atoms with van der Waals surface area (Å²) in [5.41, 5.74) is 0.140. The summed E-state index contributed by atoms with van der Waals surface area (Å²) in [6, 6.07) is 0. The Balaban J connectivity index is 3.71. The van der Waals surface area contributed by atoms with Gasteiger partial charge in [0.05, 0.1) is 4.29 Å². The largest absolute Gasteiger partial charge is 0.110 e. The second kappa shape index (κ2) is 3.43. The zero-order chi connectivity index (χ0) is 6.78. The molecule has 0 radical (unpaired) electrons. The van der Waals surface area contributed by atoms with Gasteiger partial charge in [-0.1, -0.05) is 45.7 Å². The first-order valence-electron chi connectivity index (χ1n) is 2.35. The molecule has 0 rings (SSSR count). The molecule has 0 bridgehead atoms. The fraction of sp³-hybridized carbons (Fsp3) is 1.00. The average Bonchev–Trinajstić information content (AvgIpc) is 1.67. The van der Waals surface area contributed by atoms with Crippen LogP contribution in [0.4, 0.5) is 0 Å². The topological polar surface area (TPSA) is 0 Å². The molecular weight excluding hydrogens is 255 g/mol. The van der Waals surface area contributed by atoms with Gasteiger partial charge in [-0.05, 0) is 0 Å². The lowest BCUT2D eigenvalue weighted by atomic mass is 10.0. The standard InChI is InChI=1S/C5H9Br2Cl/c1-5(2,3-6)4(7)8/h4H,3H2,1-2H3. The highest BCUT2D eigenvalue weighted by Crippen LogP contribution is 2.31. The fourth-order valence-corrected chi connectivity index (χ4v) is 1.24. The van der Waals surface area contributed by atoms with Gasteiger partial charge in [0.1, 0.15) is 0 Å². The van der Waals surface area contributed by atoms with Crippen molar-refractivity contribution in [3.8, 4) is 0 Å². The van der Waals surface area contributed by atoms with Gasteiger partial charge in [-0.2, -0.15) is 0 Å². The molecule has 8 heavy (non-hydrogen) atoms. The number of hydrogen-bond donors (Lipinski definition) is 0. The summed E-state index contributed by atoms with van der Waals surface area (Å²) in [6.07, 6.45) is 0. The van der Waals surface area contributed by atoms with Crippen LogP contribution in [0, 0.1) is 5.41 Å². The van der Waals surface area contributed by atoms with Crippen molar-refractivity contribution in [2.45, 2.75) is 18.1 Å². The van der Waals surface area contributed by atoms with E-state index in [1.165, 1.54) is 0 Å². The molecule has 0 saturated carbocycles. The molecular formula is C5H9Br2Cl. The smallest absolute Gasteiger partial charge is 0.0944 e. The van der Waals surface area contributed by atoms with Crippen LogP contribution in [0.1, 0.15) is 13.8 Å². The SMILES string of the molecule is CC(C)(CBr)C(Cl)Br. The van der Waals surface area contributed by atoms with Crippen LogP contribution in [0.25, 0.3) is 0 Å². The van der Waals surface area contributed by atoms with Gasteiger partial charge in [0.2, 0.25) is 0 Å². The summed E-state index contributed by atoms with van der Waals surface area (Å²) < 4.78 is 0.0503. The zero-order valence-electron chi connectivity index (χ0n) is 4.92. The van der Waals surface area contributed by atoms with Crippen LogP contribution >= 0.6 is 43.5 Å². The Labute approximate surface area is 72.2 Å². The summed E-state index contributed by atoms with van der Waals surface area (Å²) in [5, 5.41) is 0.916. The van der Waals surface area contributed by atoms with Crippen LogP contribution in [-0.4, -0.2) is 9.62 Å². The Morgan fingerprint density at radius 3 is 2.00 bits per heavy atom. The van der Waals surface area contributed by atoms with Gasteiger partial charge in [0.25, 0.3) is 0 Å². The van der Waals surface area contributed by atoms with E-state index < -0.39 is 0 Å². The molecule has 0 N–H and O–H groups in total. The molecule has 0 aromatic carbocycles. The van der Waals surface area contributed by atoms with Crippen molar-refractivity contribution in [1.82, 2.24) is 0 Å². The Kier molecular flexibility index (Phi) is 3.96. The maximum atomic E-state index is 5.76. The van der Waals surface area contributed by atoms with E-state index in [1.807, 2.05) is 0 Å². The maximum Gasteiger partial charge on any atom is 0.0944 e. The van der Waals surface area contributed by atoms with Crippen LogP contribution in [0.15, 0.2) is 0 Å². The van der Waals surface area contributed by atoms with Gasteiger partial charge < -0.3 is 0 Å². The lowest BCUT2D eigenvalue weighted by Crippen LogP contribution is -2.20. The number of halogens is 3. The highest BCUT2D eigenvalue weighted by atomic mass is 79.9. The summed E-state index contributed by atoms with van der Waals surface area (Å²) in [5.74, 6) is 0. The second-order valence-electron chi connectivity index (χ2n) is 2.42. The summed E-state index contributed by atoms with van der Waals surface area (Å²) in [4.78, 5) is 0. The zero-order valence-corrected chi connectivity index (χ0v) is 8.85. The van der Waals surface area contributed by atoms with E-state index >= 15 is 0 Å². The molecule has 0 amide bonds. The van der Waals surface area contributed by atoms with Crippen molar-refractivity contribution in [2.24, 2.45) is 5.41 Å². The Morgan fingerprint density at radius 2 is 2.00 bits per heavy atom. The molecule has 0 aliphatic carbocycles. The number of alkyl halides is 3. The minimum Gasteiger partial charge on any atom is -0.110 e. The third kappa shape index (κ3) is 2.70. The van der Waals surface area contributed by atoms with E-state index in [-0.39, 0.29) is 9.70 Å². The van der Waals surface area contributed by atoms with Crippen LogP contribution in [0.3, 0.4) is 0 Å². The van der Waals surface area contributed by atoms with Crippen molar-refractivity contribution >= 4 is 43.5 Å². The van der Waals surface area contributed by atoms with E-state index in [2.05, 4.69) is 45.7 Å². The van der Waals surface area contributed by atoms with Gasteiger partial charge in [-0.25, -0.2) is 0 Å². The maximum absolute atomic E-state index is 5.76. The van der Waals surface area contributed by atoms with Gasteiger partial charge in [-0.3, -0.25) is 0 Å². The Morgan fingerprint density at radius 1 is 1.62 bits per heavy atom. The van der Waals surface area contributed by atoms with Gasteiger partial charge >= 0.3 is 0 Å². The van der Waals surface area contributed by atoms with Crippen LogP contribution in [0.2, 0.25) is 0 Å². The first-order chi connectivity index (χ1) is 3.50. The van der Waals surface area contributed by atoms with E-state index in [4.69, 9.17) is 11.6 Å². The van der Waals surface area contributed by atoms with Crippen LogP contribution < -0.4 is 0 Å². The van der Waals surface area contributed by atoms with E-state index in [0.29, 0.717) is 0 Å². The molecule has 0 aromatic heterocycles. The van der Waals surface area contributed by atoms with E-state index in [0.717, 1.165) is 5.33 Å². The molecule has 0 aliphatic heterocycles. The minimum atomic E-state index is 0.0503. The normalized spacial score (nSPS) is 16.1. The summed E-state index contributed by atoms with van der Waals surface area (Å²) in [6.45, 7) is 4.18. The monoisotopic (exact) mass is 262 g/mol. The third-order valence-corrected chi connectivity index (χ3v) is 4.21. The Hall–Kier alpha value is 1.25. The molecule has 0 saturated heterocycles. The molecule has 1 atom stereocenters. The van der Waals surface area contributed by atoms with Crippen molar-refractivity contribution in [3.63, 3.8) is 0 Å². The molecule has 0 spiro atoms. The van der Waals surface area contributed by atoms with Crippen molar-refractivity contribution in [3.05, 3.63) is 0 Å². The molecule has 0 aliphatic rings. The lowest BCUT2D eigenvalue weighted by molar-refractivity contribution is 0.475. The van der Waals surface area contributed by atoms with Gasteiger partial charge in [-0.15, -0.1) is 11.6 Å². The summed E-state index contributed by atoms with van der Waals surface area (Å²) >= 11 is 12.4. The minimum absolute atomic E-state index is 0.0503. The van der Waals surface area contributed by atoms with Crippen LogP contribution in [0.5, 0.6) is 0 Å². The van der Waals surface area contributed by atoms with E-state index in [1.54, 1.807) is 0 Å². The van der Waals surface area contributed by atoms with Gasteiger partial charge in [0.15, 0.2) is 0 Å².